The summed E-state index contributed by atoms with van der Waals surface area (Å²) in [4.78, 5) is 27.6. The zero-order chi connectivity index (χ0) is 24.2. The van der Waals surface area contributed by atoms with E-state index in [1.54, 1.807) is 54.6 Å². The van der Waals surface area contributed by atoms with Crippen LogP contribution in [0.15, 0.2) is 70.9 Å². The van der Waals surface area contributed by atoms with Gasteiger partial charge in [0.1, 0.15) is 17.3 Å². The number of carbonyl (C=O) groups excluding carboxylic acids is 2. The zero-order valence-electron chi connectivity index (χ0n) is 19.1. The number of hydrogen-bond acceptors (Lipinski definition) is 7. The van der Waals surface area contributed by atoms with E-state index < -0.39 is 17.7 Å². The highest BCUT2D eigenvalue weighted by Crippen LogP contribution is 2.41. The lowest BCUT2D eigenvalue weighted by Gasteiger charge is -2.24. The zero-order valence-corrected chi connectivity index (χ0v) is 19.1. The highest BCUT2D eigenvalue weighted by Gasteiger charge is 2.46. The Balaban J connectivity index is 1.84. The molecule has 1 amide bonds. The first kappa shape index (κ1) is 23.0. The van der Waals surface area contributed by atoms with Crippen LogP contribution in [-0.4, -0.2) is 42.5 Å². The summed E-state index contributed by atoms with van der Waals surface area (Å²) in [6, 6.07) is 14.5. The van der Waals surface area contributed by atoms with Crippen LogP contribution in [0.5, 0.6) is 17.2 Å². The van der Waals surface area contributed by atoms with Gasteiger partial charge in [0.15, 0.2) is 11.5 Å². The maximum atomic E-state index is 13.2. The fourth-order valence-electron chi connectivity index (χ4n) is 4.01. The predicted molar refractivity (Wildman–Crippen MR) is 124 cm³/mol. The van der Waals surface area contributed by atoms with Crippen molar-refractivity contribution in [3.05, 3.63) is 83.3 Å². The molecular weight excluding hydrogens is 438 g/mol. The van der Waals surface area contributed by atoms with E-state index in [2.05, 4.69) is 0 Å². The number of ether oxygens (including phenoxy) is 3. The fraction of sp³-hybridized carbons (Fsp3) is 0.231. The van der Waals surface area contributed by atoms with E-state index in [1.165, 1.54) is 25.4 Å². The number of amides is 1. The van der Waals surface area contributed by atoms with E-state index in [-0.39, 0.29) is 17.9 Å². The Kier molecular flexibility index (Phi) is 6.58. The third-order valence-corrected chi connectivity index (χ3v) is 5.61. The molecule has 176 valence electrons. The van der Waals surface area contributed by atoms with Gasteiger partial charge in [0.05, 0.1) is 45.2 Å². The Hall–Kier alpha value is -4.20. The summed E-state index contributed by atoms with van der Waals surface area (Å²) in [6.45, 7) is 2.46. The number of nitrogens with zero attached hydrogens (tertiary/aromatic N) is 1. The van der Waals surface area contributed by atoms with E-state index in [0.717, 1.165) is 0 Å². The summed E-state index contributed by atoms with van der Waals surface area (Å²) >= 11 is 0. The molecule has 1 atom stereocenters. The Morgan fingerprint density at radius 2 is 1.76 bits per heavy atom. The van der Waals surface area contributed by atoms with Crippen LogP contribution in [0, 0.1) is 0 Å². The highest BCUT2D eigenvalue weighted by molar-refractivity contribution is 6.46. The number of furan rings is 1. The topological polar surface area (TPSA) is 98.4 Å². The Morgan fingerprint density at radius 3 is 2.38 bits per heavy atom. The van der Waals surface area contributed by atoms with E-state index in [4.69, 9.17) is 18.6 Å². The summed E-state index contributed by atoms with van der Waals surface area (Å²) in [6.07, 6.45) is 1.50. The number of rotatable bonds is 8. The molecule has 8 heteroatoms. The monoisotopic (exact) mass is 463 g/mol. The van der Waals surface area contributed by atoms with Crippen molar-refractivity contribution in [1.29, 1.82) is 0 Å². The molecule has 1 unspecified atom stereocenters. The molecular formula is C26H25NO7. The summed E-state index contributed by atoms with van der Waals surface area (Å²) in [7, 11) is 2.98. The normalized spacial score (nSPS) is 17.1. The van der Waals surface area contributed by atoms with Crippen molar-refractivity contribution in [2.75, 3.05) is 20.8 Å². The van der Waals surface area contributed by atoms with Crippen LogP contribution in [0.2, 0.25) is 0 Å². The van der Waals surface area contributed by atoms with Gasteiger partial charge in [-0.2, -0.15) is 0 Å². The number of methoxy groups -OCH3 is 2. The van der Waals surface area contributed by atoms with Crippen molar-refractivity contribution in [1.82, 2.24) is 4.90 Å². The Morgan fingerprint density at radius 1 is 1.03 bits per heavy atom. The minimum absolute atomic E-state index is 0.0204. The van der Waals surface area contributed by atoms with Gasteiger partial charge >= 0.3 is 0 Å². The summed E-state index contributed by atoms with van der Waals surface area (Å²) in [5.41, 5.74) is 0.953. The Labute approximate surface area is 197 Å². The molecule has 8 nitrogen and oxygen atoms in total. The van der Waals surface area contributed by atoms with Gasteiger partial charge in [-0.1, -0.05) is 12.1 Å². The number of hydrogen-bond donors (Lipinski definition) is 1. The maximum Gasteiger partial charge on any atom is 0.296 e. The third kappa shape index (κ3) is 4.22. The first-order chi connectivity index (χ1) is 16.5. The number of benzene rings is 2. The minimum atomic E-state index is -0.825. The molecule has 0 radical (unpaired) electrons. The molecule has 1 saturated heterocycles. The lowest BCUT2D eigenvalue weighted by atomic mass is 9.95. The lowest BCUT2D eigenvalue weighted by Crippen LogP contribution is -2.29. The molecule has 1 aliphatic rings. The largest absolute Gasteiger partial charge is 0.507 e. The third-order valence-electron chi connectivity index (χ3n) is 5.61. The molecule has 0 saturated carbocycles. The van der Waals surface area contributed by atoms with Gasteiger partial charge in [0, 0.05) is 5.56 Å². The second-order valence-electron chi connectivity index (χ2n) is 7.58. The highest BCUT2D eigenvalue weighted by atomic mass is 16.5. The van der Waals surface area contributed by atoms with Gasteiger partial charge in [-0.3, -0.25) is 9.59 Å². The number of likely N-dealkylation sites (tertiary alicyclic amines) is 1. The first-order valence-electron chi connectivity index (χ1n) is 10.7. The van der Waals surface area contributed by atoms with Crippen molar-refractivity contribution >= 4 is 17.4 Å². The van der Waals surface area contributed by atoms with Gasteiger partial charge in [-0.05, 0) is 55.0 Å². The summed E-state index contributed by atoms with van der Waals surface area (Å²) < 4.78 is 21.5. The molecule has 4 rings (SSSR count). The van der Waals surface area contributed by atoms with Crippen molar-refractivity contribution < 1.29 is 33.3 Å². The van der Waals surface area contributed by atoms with Gasteiger partial charge in [0.25, 0.3) is 11.7 Å². The molecule has 1 aliphatic heterocycles. The first-order valence-corrected chi connectivity index (χ1v) is 10.7. The summed E-state index contributed by atoms with van der Waals surface area (Å²) in [5, 5.41) is 11.2. The van der Waals surface area contributed by atoms with Crippen LogP contribution in [0.4, 0.5) is 0 Å². The average molecular weight is 463 g/mol. The van der Waals surface area contributed by atoms with E-state index in [0.29, 0.717) is 40.7 Å². The van der Waals surface area contributed by atoms with Crippen LogP contribution >= 0.6 is 0 Å². The van der Waals surface area contributed by atoms with Crippen molar-refractivity contribution in [3.63, 3.8) is 0 Å². The molecule has 0 aliphatic carbocycles. The SMILES string of the molecule is CCOc1ccc(C2/C(=C(/O)c3ccc(OC)c(OC)c3)C(=O)C(=O)N2Cc2ccco2)cc1. The lowest BCUT2D eigenvalue weighted by molar-refractivity contribution is -0.140. The number of aliphatic hydroxyl groups excluding tert-OH is 1. The van der Waals surface area contributed by atoms with Crippen molar-refractivity contribution in [2.45, 2.75) is 19.5 Å². The second-order valence-corrected chi connectivity index (χ2v) is 7.58. The molecule has 1 N–H and O–H groups in total. The number of Topliss-reactive ketones (excluding diaryl/α,β-unsaturated/α-hetero) is 1. The molecule has 34 heavy (non-hydrogen) atoms. The number of carbonyl (C=O) groups is 2. The number of aliphatic hydroxyl groups is 1. The molecule has 0 bridgehead atoms. The van der Waals surface area contributed by atoms with E-state index >= 15 is 0 Å². The molecule has 2 heterocycles. The van der Waals surface area contributed by atoms with Crippen molar-refractivity contribution in [2.24, 2.45) is 0 Å². The van der Waals surface area contributed by atoms with E-state index in [1.807, 2.05) is 6.92 Å². The fourth-order valence-corrected chi connectivity index (χ4v) is 4.01. The predicted octanol–water partition coefficient (Wildman–Crippen LogP) is 4.32. The van der Waals surface area contributed by atoms with Gasteiger partial charge < -0.3 is 28.6 Å². The van der Waals surface area contributed by atoms with Gasteiger partial charge in [0.2, 0.25) is 0 Å². The molecule has 1 fully saturated rings. The second kappa shape index (κ2) is 9.74. The molecule has 1 aromatic heterocycles. The van der Waals surface area contributed by atoms with Crippen LogP contribution in [0.3, 0.4) is 0 Å². The smallest absolute Gasteiger partial charge is 0.296 e. The van der Waals surface area contributed by atoms with Crippen LogP contribution < -0.4 is 14.2 Å². The van der Waals surface area contributed by atoms with Gasteiger partial charge in [-0.15, -0.1) is 0 Å². The van der Waals surface area contributed by atoms with E-state index in [9.17, 15) is 14.7 Å². The van der Waals surface area contributed by atoms with Crippen LogP contribution in [0.1, 0.15) is 29.9 Å². The quantitative estimate of drug-likeness (QED) is 0.302. The minimum Gasteiger partial charge on any atom is -0.507 e. The van der Waals surface area contributed by atoms with Crippen LogP contribution in [0.25, 0.3) is 5.76 Å². The molecule has 3 aromatic rings. The standard InChI is InChI=1S/C26H25NO7/c1-4-33-18-10-7-16(8-11-18)23-22(24(28)17-9-12-20(31-2)21(14-17)32-3)25(29)26(30)27(23)15-19-6-5-13-34-19/h5-14,23,28H,4,15H2,1-3H3/b24-22-. The Bertz CT molecular complexity index is 1210. The average Bonchev–Trinajstić information content (AvgIpc) is 3.46. The number of ketones is 1. The molecule has 2 aromatic carbocycles. The van der Waals surface area contributed by atoms with Crippen LogP contribution in [-0.2, 0) is 16.1 Å². The van der Waals surface area contributed by atoms with Gasteiger partial charge in [-0.25, -0.2) is 0 Å². The maximum absolute atomic E-state index is 13.2. The summed E-state index contributed by atoms with van der Waals surface area (Å²) in [5.74, 6) is 0.225. The molecule has 0 spiro atoms. The van der Waals surface area contributed by atoms with Crippen molar-refractivity contribution in [3.8, 4) is 17.2 Å².